The molecule has 5 nitrogen and oxygen atoms in total. The number of hydrogen-bond donors (Lipinski definition) is 2. The van der Waals surface area contributed by atoms with Crippen LogP contribution in [0.1, 0.15) is 19.3 Å². The van der Waals surface area contributed by atoms with Crippen LogP contribution in [0, 0.1) is 5.92 Å². The van der Waals surface area contributed by atoms with E-state index >= 15 is 0 Å². The molecule has 2 aliphatic heterocycles. The van der Waals surface area contributed by atoms with Crippen LogP contribution < -0.4 is 11.1 Å². The number of amides is 1. The van der Waals surface area contributed by atoms with Crippen LogP contribution in [0.2, 0.25) is 0 Å². The first-order chi connectivity index (χ1) is 7.77. The Kier molecular flexibility index (Phi) is 2.61. The molecule has 90 valence electrons. The van der Waals surface area contributed by atoms with Gasteiger partial charge in [-0.15, -0.1) is 0 Å². The van der Waals surface area contributed by atoms with E-state index in [1.165, 1.54) is 0 Å². The second-order valence-corrected chi connectivity index (χ2v) is 4.90. The molecule has 1 amide bonds. The summed E-state index contributed by atoms with van der Waals surface area (Å²) in [5.41, 5.74) is 6.02. The largest absolute Gasteiger partial charge is 0.376 e. The molecule has 0 aromatic rings. The van der Waals surface area contributed by atoms with Crippen molar-refractivity contribution in [3.05, 3.63) is 0 Å². The zero-order valence-corrected chi connectivity index (χ0v) is 9.22. The summed E-state index contributed by atoms with van der Waals surface area (Å²) >= 11 is 0. The van der Waals surface area contributed by atoms with E-state index in [2.05, 4.69) is 5.32 Å². The van der Waals surface area contributed by atoms with Crippen LogP contribution in [-0.2, 0) is 14.3 Å². The number of rotatable bonds is 2. The normalized spacial score (nSPS) is 46.2. The van der Waals surface area contributed by atoms with E-state index in [-0.39, 0.29) is 30.2 Å². The standard InChI is InChI=1S/C11H18N2O3/c12-8-6-3-5-16-10(6)9(8)13-11(14)7-2-1-4-15-7/h6-10H,1-5,12H2,(H,13,14). The molecule has 0 aromatic carbocycles. The number of fused-ring (bicyclic) bond motifs is 1. The molecule has 3 rings (SSSR count). The van der Waals surface area contributed by atoms with E-state index in [4.69, 9.17) is 15.2 Å². The molecule has 3 fully saturated rings. The summed E-state index contributed by atoms with van der Waals surface area (Å²) in [7, 11) is 0. The fraction of sp³-hybridized carbons (Fsp3) is 0.909. The van der Waals surface area contributed by atoms with Crippen LogP contribution in [0.5, 0.6) is 0 Å². The second-order valence-electron chi connectivity index (χ2n) is 4.90. The Morgan fingerprint density at radius 3 is 2.88 bits per heavy atom. The van der Waals surface area contributed by atoms with Crippen LogP contribution >= 0.6 is 0 Å². The third-order valence-electron chi connectivity index (χ3n) is 3.98. The molecule has 5 unspecified atom stereocenters. The summed E-state index contributed by atoms with van der Waals surface area (Å²) in [4.78, 5) is 11.8. The van der Waals surface area contributed by atoms with Gasteiger partial charge in [-0.05, 0) is 19.3 Å². The van der Waals surface area contributed by atoms with E-state index < -0.39 is 0 Å². The molecule has 2 heterocycles. The van der Waals surface area contributed by atoms with Gasteiger partial charge in [0.1, 0.15) is 6.10 Å². The maximum Gasteiger partial charge on any atom is 0.249 e. The predicted octanol–water partition coefficient (Wildman–Crippen LogP) is -0.604. The van der Waals surface area contributed by atoms with Crippen LogP contribution in [0.25, 0.3) is 0 Å². The zero-order chi connectivity index (χ0) is 11.1. The van der Waals surface area contributed by atoms with Crippen molar-refractivity contribution >= 4 is 5.91 Å². The lowest BCUT2D eigenvalue weighted by Crippen LogP contribution is -2.69. The lowest BCUT2D eigenvalue weighted by Gasteiger charge is -2.45. The first-order valence-electron chi connectivity index (χ1n) is 6.06. The number of carbonyl (C=O) groups excluding carboxylic acids is 1. The van der Waals surface area contributed by atoms with Gasteiger partial charge in [0.2, 0.25) is 5.91 Å². The van der Waals surface area contributed by atoms with Gasteiger partial charge in [-0.2, -0.15) is 0 Å². The highest BCUT2D eigenvalue weighted by Gasteiger charge is 2.53. The highest BCUT2D eigenvalue weighted by molar-refractivity contribution is 5.81. The predicted molar refractivity (Wildman–Crippen MR) is 56.7 cm³/mol. The summed E-state index contributed by atoms with van der Waals surface area (Å²) < 4.78 is 10.9. The van der Waals surface area contributed by atoms with Crippen LogP contribution in [0.4, 0.5) is 0 Å². The van der Waals surface area contributed by atoms with Crippen molar-refractivity contribution in [2.45, 2.75) is 43.6 Å². The number of nitrogens with two attached hydrogens (primary N) is 1. The van der Waals surface area contributed by atoms with Crippen molar-refractivity contribution < 1.29 is 14.3 Å². The van der Waals surface area contributed by atoms with E-state index in [1.807, 2.05) is 0 Å². The Morgan fingerprint density at radius 1 is 1.25 bits per heavy atom. The first kappa shape index (κ1) is 10.5. The van der Waals surface area contributed by atoms with E-state index in [0.717, 1.165) is 25.9 Å². The molecule has 0 radical (unpaired) electrons. The van der Waals surface area contributed by atoms with Crippen molar-refractivity contribution in [3.8, 4) is 0 Å². The van der Waals surface area contributed by atoms with Gasteiger partial charge in [0, 0.05) is 25.2 Å². The fourth-order valence-electron chi connectivity index (χ4n) is 2.97. The molecule has 1 saturated carbocycles. The van der Waals surface area contributed by atoms with Gasteiger partial charge in [-0.1, -0.05) is 0 Å². The quantitative estimate of drug-likeness (QED) is 0.659. The van der Waals surface area contributed by atoms with Crippen molar-refractivity contribution in [2.75, 3.05) is 13.2 Å². The molecule has 0 aromatic heterocycles. The molecule has 0 bridgehead atoms. The van der Waals surface area contributed by atoms with Gasteiger partial charge < -0.3 is 20.5 Å². The minimum Gasteiger partial charge on any atom is -0.376 e. The Hall–Kier alpha value is -0.650. The average molecular weight is 226 g/mol. The van der Waals surface area contributed by atoms with Gasteiger partial charge in [0.05, 0.1) is 12.1 Å². The smallest absolute Gasteiger partial charge is 0.249 e. The number of carbonyl (C=O) groups is 1. The molecule has 0 spiro atoms. The lowest BCUT2D eigenvalue weighted by atomic mass is 9.72. The van der Waals surface area contributed by atoms with Crippen LogP contribution in [0.3, 0.4) is 0 Å². The Labute approximate surface area is 94.6 Å². The summed E-state index contributed by atoms with van der Waals surface area (Å²) in [5, 5.41) is 2.97. The lowest BCUT2D eigenvalue weighted by molar-refractivity contribution is -0.134. The number of nitrogens with one attached hydrogen (secondary N) is 1. The second kappa shape index (κ2) is 3.98. The third kappa shape index (κ3) is 1.54. The fourth-order valence-corrected chi connectivity index (χ4v) is 2.97. The average Bonchev–Trinajstić information content (AvgIpc) is 2.94. The van der Waals surface area contributed by atoms with Gasteiger partial charge >= 0.3 is 0 Å². The van der Waals surface area contributed by atoms with Crippen molar-refractivity contribution in [3.63, 3.8) is 0 Å². The molecular formula is C11H18N2O3. The summed E-state index contributed by atoms with van der Waals surface area (Å²) in [6.07, 6.45) is 2.69. The SMILES string of the molecule is NC1C2CCOC2C1NC(=O)C1CCCO1. The van der Waals surface area contributed by atoms with Crippen molar-refractivity contribution in [1.29, 1.82) is 0 Å². The van der Waals surface area contributed by atoms with Crippen LogP contribution in [0.15, 0.2) is 0 Å². The molecule has 5 atom stereocenters. The Balaban J connectivity index is 1.56. The highest BCUT2D eigenvalue weighted by atomic mass is 16.5. The number of hydrogen-bond acceptors (Lipinski definition) is 4. The van der Waals surface area contributed by atoms with Gasteiger partial charge in [0.15, 0.2) is 0 Å². The first-order valence-corrected chi connectivity index (χ1v) is 6.06. The van der Waals surface area contributed by atoms with Crippen molar-refractivity contribution in [2.24, 2.45) is 11.7 Å². The highest BCUT2D eigenvalue weighted by Crippen LogP contribution is 2.37. The summed E-state index contributed by atoms with van der Waals surface area (Å²) in [6, 6.07) is 0.0436. The molecular weight excluding hydrogens is 208 g/mol. The minimum absolute atomic E-state index is 0.0100. The summed E-state index contributed by atoms with van der Waals surface area (Å²) in [5.74, 6) is 0.418. The molecule has 3 N–H and O–H groups in total. The third-order valence-corrected chi connectivity index (χ3v) is 3.98. The van der Waals surface area contributed by atoms with Gasteiger partial charge in [0.25, 0.3) is 0 Å². The topological polar surface area (TPSA) is 73.6 Å². The summed E-state index contributed by atoms with van der Waals surface area (Å²) in [6.45, 7) is 1.46. The van der Waals surface area contributed by atoms with Gasteiger partial charge in [-0.25, -0.2) is 0 Å². The number of ether oxygens (including phenoxy) is 2. The maximum atomic E-state index is 11.8. The Bertz CT molecular complexity index is 291. The molecule has 2 saturated heterocycles. The Morgan fingerprint density at radius 2 is 2.12 bits per heavy atom. The van der Waals surface area contributed by atoms with Crippen LogP contribution in [-0.4, -0.2) is 43.4 Å². The molecule has 1 aliphatic carbocycles. The molecule has 5 heteroatoms. The minimum atomic E-state index is -0.271. The molecule has 3 aliphatic rings. The maximum absolute atomic E-state index is 11.8. The molecule has 16 heavy (non-hydrogen) atoms. The van der Waals surface area contributed by atoms with E-state index in [0.29, 0.717) is 12.5 Å². The van der Waals surface area contributed by atoms with Crippen molar-refractivity contribution in [1.82, 2.24) is 5.32 Å². The monoisotopic (exact) mass is 226 g/mol. The van der Waals surface area contributed by atoms with E-state index in [1.54, 1.807) is 0 Å². The van der Waals surface area contributed by atoms with Gasteiger partial charge in [-0.3, -0.25) is 4.79 Å². The zero-order valence-electron chi connectivity index (χ0n) is 9.22. The van der Waals surface area contributed by atoms with E-state index in [9.17, 15) is 4.79 Å².